The summed E-state index contributed by atoms with van der Waals surface area (Å²) in [6.45, 7) is 4.49. The molecule has 86 valence electrons. The van der Waals surface area contributed by atoms with Crippen LogP contribution in [-0.4, -0.2) is 0 Å². The molecular weight excluding hydrogens is 216 g/mol. The van der Waals surface area contributed by atoms with Crippen LogP contribution in [0, 0.1) is 0 Å². The van der Waals surface area contributed by atoms with Gasteiger partial charge in [-0.05, 0) is 58.4 Å². The number of benzene rings is 2. The second kappa shape index (κ2) is 3.23. The van der Waals surface area contributed by atoms with E-state index in [1.807, 2.05) is 0 Å². The summed E-state index contributed by atoms with van der Waals surface area (Å²) in [5.41, 5.74) is 11.3. The van der Waals surface area contributed by atoms with Gasteiger partial charge in [0.25, 0.3) is 0 Å². The van der Waals surface area contributed by atoms with Crippen LogP contribution in [-0.2, 0) is 0 Å². The molecule has 18 heavy (non-hydrogen) atoms. The lowest BCUT2D eigenvalue weighted by atomic mass is 10.00. The Kier molecular flexibility index (Phi) is 1.78. The Balaban J connectivity index is 2.15. The Hall–Kier alpha value is -2.08. The van der Waals surface area contributed by atoms with E-state index >= 15 is 0 Å². The molecule has 0 nitrogen and oxygen atoms in total. The number of rotatable bonds is 0. The molecule has 2 aliphatic rings. The highest BCUT2D eigenvalue weighted by Crippen LogP contribution is 2.54. The summed E-state index contributed by atoms with van der Waals surface area (Å²) < 4.78 is 0. The molecule has 0 bridgehead atoms. The quantitative estimate of drug-likeness (QED) is 0.605. The zero-order valence-corrected chi connectivity index (χ0v) is 10.6. The molecule has 0 saturated heterocycles. The van der Waals surface area contributed by atoms with Crippen molar-refractivity contribution in [1.29, 1.82) is 0 Å². The first kappa shape index (κ1) is 9.90. The molecule has 0 aliphatic heterocycles. The number of fused-ring (bicyclic) bond motifs is 5. The molecule has 0 heterocycles. The highest BCUT2D eigenvalue weighted by molar-refractivity contribution is 6.31. The predicted octanol–water partition coefficient (Wildman–Crippen LogP) is 4.88. The molecule has 0 amide bonds. The van der Waals surface area contributed by atoms with Crippen LogP contribution in [0.25, 0.3) is 22.3 Å². The fraction of sp³-hybridized carbons (Fsp3) is 0.111. The van der Waals surface area contributed by atoms with E-state index in [1.54, 1.807) is 0 Å². The average Bonchev–Trinajstić information content (AvgIpc) is 2.87. The molecular formula is C18H14. The highest BCUT2D eigenvalue weighted by atomic mass is 14.3. The van der Waals surface area contributed by atoms with Crippen LogP contribution < -0.4 is 0 Å². The Morgan fingerprint density at radius 3 is 1.22 bits per heavy atom. The molecule has 4 rings (SSSR count). The van der Waals surface area contributed by atoms with Crippen molar-refractivity contribution in [2.75, 3.05) is 0 Å². The maximum atomic E-state index is 2.25. The van der Waals surface area contributed by atoms with Gasteiger partial charge in [0.15, 0.2) is 0 Å². The third-order valence-corrected chi connectivity index (χ3v) is 4.20. The van der Waals surface area contributed by atoms with Crippen LogP contribution in [0.3, 0.4) is 0 Å². The summed E-state index contributed by atoms with van der Waals surface area (Å²) in [6, 6.07) is 17.5. The Morgan fingerprint density at radius 2 is 0.833 bits per heavy atom. The minimum Gasteiger partial charge on any atom is -0.0616 e. The first-order valence-electron chi connectivity index (χ1n) is 6.40. The van der Waals surface area contributed by atoms with Gasteiger partial charge in [-0.3, -0.25) is 0 Å². The molecule has 0 aromatic heterocycles. The van der Waals surface area contributed by atoms with Crippen molar-refractivity contribution in [2.45, 2.75) is 13.8 Å². The monoisotopic (exact) mass is 230 g/mol. The second-order valence-corrected chi connectivity index (χ2v) is 5.09. The van der Waals surface area contributed by atoms with E-state index in [4.69, 9.17) is 0 Å². The van der Waals surface area contributed by atoms with Gasteiger partial charge in [-0.2, -0.15) is 0 Å². The molecule has 0 atom stereocenters. The van der Waals surface area contributed by atoms with Gasteiger partial charge in [-0.25, -0.2) is 0 Å². The van der Waals surface area contributed by atoms with Crippen molar-refractivity contribution in [3.8, 4) is 0 Å². The molecule has 0 unspecified atom stereocenters. The third-order valence-electron chi connectivity index (χ3n) is 4.20. The molecule has 2 aromatic rings. The predicted molar refractivity (Wildman–Crippen MR) is 77.9 cm³/mol. The van der Waals surface area contributed by atoms with Gasteiger partial charge in [0.1, 0.15) is 0 Å². The van der Waals surface area contributed by atoms with E-state index in [0.29, 0.717) is 0 Å². The fourth-order valence-corrected chi connectivity index (χ4v) is 3.37. The fourth-order valence-electron chi connectivity index (χ4n) is 3.37. The second-order valence-electron chi connectivity index (χ2n) is 5.09. The largest absolute Gasteiger partial charge is 0.0616 e. The van der Waals surface area contributed by atoms with Crippen molar-refractivity contribution in [2.24, 2.45) is 0 Å². The maximum absolute atomic E-state index is 2.25. The standard InChI is InChI=1S/C18H14/c1-11-13-7-3-5-9-15(13)18-12(2)14-8-4-6-10-16(14)17(11)18/h3-10H,1-2H3. The van der Waals surface area contributed by atoms with Gasteiger partial charge in [-0.1, -0.05) is 48.5 Å². The van der Waals surface area contributed by atoms with Gasteiger partial charge in [0, 0.05) is 0 Å². The summed E-state index contributed by atoms with van der Waals surface area (Å²) in [5, 5.41) is 0. The molecule has 2 aliphatic carbocycles. The van der Waals surface area contributed by atoms with Gasteiger partial charge < -0.3 is 0 Å². The number of hydrogen-bond donors (Lipinski definition) is 0. The molecule has 0 N–H and O–H groups in total. The molecule has 0 saturated carbocycles. The van der Waals surface area contributed by atoms with Crippen molar-refractivity contribution in [1.82, 2.24) is 0 Å². The van der Waals surface area contributed by atoms with Crippen molar-refractivity contribution in [3.05, 3.63) is 70.8 Å². The van der Waals surface area contributed by atoms with Crippen LogP contribution in [0.2, 0.25) is 0 Å². The van der Waals surface area contributed by atoms with E-state index in [2.05, 4.69) is 62.4 Å². The summed E-state index contributed by atoms with van der Waals surface area (Å²) in [7, 11) is 0. The molecule has 0 heteroatoms. The van der Waals surface area contributed by atoms with Gasteiger partial charge in [-0.15, -0.1) is 0 Å². The average molecular weight is 230 g/mol. The van der Waals surface area contributed by atoms with E-state index in [9.17, 15) is 0 Å². The Bertz CT molecular complexity index is 677. The SMILES string of the molecule is CC1=C2C(=C(C)c3ccccc32)c2ccccc21. The van der Waals surface area contributed by atoms with Crippen molar-refractivity contribution < 1.29 is 0 Å². The van der Waals surface area contributed by atoms with Crippen LogP contribution in [0.1, 0.15) is 36.1 Å². The van der Waals surface area contributed by atoms with Crippen molar-refractivity contribution >= 4 is 22.3 Å². The highest BCUT2D eigenvalue weighted by Gasteiger charge is 2.32. The van der Waals surface area contributed by atoms with E-state index in [0.717, 1.165) is 0 Å². The van der Waals surface area contributed by atoms with Crippen LogP contribution in [0.15, 0.2) is 48.5 Å². The van der Waals surface area contributed by atoms with Crippen molar-refractivity contribution in [3.63, 3.8) is 0 Å². The van der Waals surface area contributed by atoms with Gasteiger partial charge in [0.2, 0.25) is 0 Å². The van der Waals surface area contributed by atoms with E-state index in [-0.39, 0.29) is 0 Å². The Morgan fingerprint density at radius 1 is 0.500 bits per heavy atom. The molecule has 0 spiro atoms. The van der Waals surface area contributed by atoms with Crippen LogP contribution in [0.4, 0.5) is 0 Å². The number of allylic oxidation sites excluding steroid dienone is 4. The van der Waals surface area contributed by atoms with Gasteiger partial charge >= 0.3 is 0 Å². The van der Waals surface area contributed by atoms with Gasteiger partial charge in [0.05, 0.1) is 0 Å². The van der Waals surface area contributed by atoms with E-state index in [1.165, 1.54) is 44.5 Å². The maximum Gasteiger partial charge on any atom is -0.00607 e. The Labute approximate surface area is 107 Å². The zero-order chi connectivity index (χ0) is 12.3. The van der Waals surface area contributed by atoms with Crippen LogP contribution >= 0.6 is 0 Å². The molecule has 0 radical (unpaired) electrons. The van der Waals surface area contributed by atoms with E-state index < -0.39 is 0 Å². The minimum absolute atomic E-state index is 1.40. The first-order valence-corrected chi connectivity index (χ1v) is 6.40. The summed E-state index contributed by atoms with van der Waals surface area (Å²) in [4.78, 5) is 0. The normalized spacial score (nSPS) is 15.9. The van der Waals surface area contributed by atoms with Crippen LogP contribution in [0.5, 0.6) is 0 Å². The summed E-state index contributed by atoms with van der Waals surface area (Å²) in [6.07, 6.45) is 0. The molecule has 0 fully saturated rings. The summed E-state index contributed by atoms with van der Waals surface area (Å²) >= 11 is 0. The first-order chi connectivity index (χ1) is 8.79. The zero-order valence-electron chi connectivity index (χ0n) is 10.6. The molecule has 2 aromatic carbocycles. The smallest absolute Gasteiger partial charge is 0.00607 e. The minimum atomic E-state index is 1.40. The topological polar surface area (TPSA) is 0 Å². The lowest BCUT2D eigenvalue weighted by Gasteiger charge is -2.04. The number of hydrogen-bond acceptors (Lipinski definition) is 0. The summed E-state index contributed by atoms with van der Waals surface area (Å²) in [5.74, 6) is 0. The lowest BCUT2D eigenvalue weighted by molar-refractivity contribution is 1.53. The third kappa shape index (κ3) is 1.01. The lowest BCUT2D eigenvalue weighted by Crippen LogP contribution is -1.84.